The maximum Gasteiger partial charge on any atom is 0.246 e. The van der Waals surface area contributed by atoms with Crippen LogP contribution >= 0.6 is 0 Å². The molecule has 0 aromatic heterocycles. The first kappa shape index (κ1) is 14.4. The van der Waals surface area contributed by atoms with Crippen molar-refractivity contribution in [3.8, 4) is 0 Å². The third-order valence-electron chi connectivity index (χ3n) is 3.07. The van der Waals surface area contributed by atoms with Crippen LogP contribution in [0.4, 0.5) is 0 Å². The standard InChI is InChI=1S/C12H24N2O3/c1-10(2)11(8-13-12(15)9-16-3)14-4-6-17-7-5-14/h10-11H,4-9H2,1-3H3,(H,13,15). The minimum atomic E-state index is -0.0496. The molecule has 5 nitrogen and oxygen atoms in total. The summed E-state index contributed by atoms with van der Waals surface area (Å²) >= 11 is 0. The Hall–Kier alpha value is -0.650. The Morgan fingerprint density at radius 1 is 1.41 bits per heavy atom. The van der Waals surface area contributed by atoms with Gasteiger partial charge < -0.3 is 14.8 Å². The van der Waals surface area contributed by atoms with Crippen LogP contribution in [0.3, 0.4) is 0 Å². The second-order valence-corrected chi connectivity index (χ2v) is 4.70. The van der Waals surface area contributed by atoms with E-state index < -0.39 is 0 Å². The summed E-state index contributed by atoms with van der Waals surface area (Å²) in [5.41, 5.74) is 0. The number of nitrogens with one attached hydrogen (secondary N) is 1. The Bertz CT molecular complexity index is 228. The lowest BCUT2D eigenvalue weighted by Crippen LogP contribution is -2.51. The van der Waals surface area contributed by atoms with Gasteiger partial charge in [0.2, 0.25) is 5.91 Å². The lowest BCUT2D eigenvalue weighted by Gasteiger charge is -2.36. The van der Waals surface area contributed by atoms with Crippen molar-refractivity contribution >= 4 is 5.91 Å². The van der Waals surface area contributed by atoms with Gasteiger partial charge >= 0.3 is 0 Å². The summed E-state index contributed by atoms with van der Waals surface area (Å²) in [5, 5.41) is 2.92. The van der Waals surface area contributed by atoms with Crippen LogP contribution in [-0.2, 0) is 14.3 Å². The lowest BCUT2D eigenvalue weighted by atomic mass is 10.0. The highest BCUT2D eigenvalue weighted by Crippen LogP contribution is 2.12. The fraction of sp³-hybridized carbons (Fsp3) is 0.917. The molecule has 0 saturated carbocycles. The molecule has 1 aliphatic rings. The normalized spacial score (nSPS) is 19.3. The zero-order valence-electron chi connectivity index (χ0n) is 11.1. The van der Waals surface area contributed by atoms with Crippen molar-refractivity contribution < 1.29 is 14.3 Å². The van der Waals surface area contributed by atoms with Crippen LogP contribution in [-0.4, -0.2) is 63.4 Å². The maximum atomic E-state index is 11.4. The zero-order valence-corrected chi connectivity index (χ0v) is 11.1. The molecule has 0 aliphatic carbocycles. The number of morpholine rings is 1. The second kappa shape index (κ2) is 7.63. The Kier molecular flexibility index (Phi) is 6.47. The lowest BCUT2D eigenvalue weighted by molar-refractivity contribution is -0.125. The number of ether oxygens (including phenoxy) is 2. The Morgan fingerprint density at radius 2 is 2.06 bits per heavy atom. The van der Waals surface area contributed by atoms with E-state index >= 15 is 0 Å². The molecule has 17 heavy (non-hydrogen) atoms. The van der Waals surface area contributed by atoms with Gasteiger partial charge in [-0.1, -0.05) is 13.8 Å². The van der Waals surface area contributed by atoms with Crippen LogP contribution in [0.15, 0.2) is 0 Å². The van der Waals surface area contributed by atoms with Gasteiger partial charge in [-0.2, -0.15) is 0 Å². The summed E-state index contributed by atoms with van der Waals surface area (Å²) in [4.78, 5) is 13.8. The highest BCUT2D eigenvalue weighted by atomic mass is 16.5. The van der Waals surface area contributed by atoms with Gasteiger partial charge in [0.15, 0.2) is 0 Å². The predicted octanol–water partition coefficient (Wildman–Crippen LogP) is 0.106. The summed E-state index contributed by atoms with van der Waals surface area (Å²) in [6.07, 6.45) is 0. The molecule has 100 valence electrons. The van der Waals surface area contributed by atoms with Crippen LogP contribution in [0.2, 0.25) is 0 Å². The van der Waals surface area contributed by atoms with Gasteiger partial charge in [-0.05, 0) is 5.92 Å². The van der Waals surface area contributed by atoms with Crippen molar-refractivity contribution in [2.45, 2.75) is 19.9 Å². The first-order valence-electron chi connectivity index (χ1n) is 6.22. The summed E-state index contributed by atoms with van der Waals surface area (Å²) in [7, 11) is 1.53. The van der Waals surface area contributed by atoms with Gasteiger partial charge in [-0.25, -0.2) is 0 Å². The van der Waals surface area contributed by atoms with E-state index in [0.29, 0.717) is 18.5 Å². The summed E-state index contributed by atoms with van der Waals surface area (Å²) in [5.74, 6) is 0.461. The van der Waals surface area contributed by atoms with Crippen molar-refractivity contribution in [3.63, 3.8) is 0 Å². The molecule has 0 bridgehead atoms. The highest BCUT2D eigenvalue weighted by molar-refractivity contribution is 5.77. The SMILES string of the molecule is COCC(=O)NCC(C(C)C)N1CCOCC1. The number of nitrogens with zero attached hydrogens (tertiary/aromatic N) is 1. The fourth-order valence-corrected chi connectivity index (χ4v) is 2.10. The molecule has 1 atom stereocenters. The molecule has 0 radical (unpaired) electrons. The zero-order chi connectivity index (χ0) is 12.7. The minimum absolute atomic E-state index is 0.0496. The predicted molar refractivity (Wildman–Crippen MR) is 65.9 cm³/mol. The molecule has 1 N–H and O–H groups in total. The molecule has 1 rings (SSSR count). The van der Waals surface area contributed by atoms with E-state index in [1.807, 2.05) is 0 Å². The van der Waals surface area contributed by atoms with Crippen LogP contribution in [0.1, 0.15) is 13.8 Å². The second-order valence-electron chi connectivity index (χ2n) is 4.70. The average Bonchev–Trinajstić information content (AvgIpc) is 2.30. The van der Waals surface area contributed by atoms with E-state index in [9.17, 15) is 4.79 Å². The molecule has 0 aromatic carbocycles. The Morgan fingerprint density at radius 3 is 2.59 bits per heavy atom. The molecule has 1 saturated heterocycles. The Labute approximate surface area is 103 Å². The average molecular weight is 244 g/mol. The first-order chi connectivity index (χ1) is 8.15. The number of hydrogen-bond donors (Lipinski definition) is 1. The maximum absolute atomic E-state index is 11.4. The van der Waals surface area contributed by atoms with Crippen LogP contribution in [0.25, 0.3) is 0 Å². The molecule has 1 aliphatic heterocycles. The molecule has 1 heterocycles. The van der Waals surface area contributed by atoms with Crippen LogP contribution in [0, 0.1) is 5.92 Å². The molecule has 0 aromatic rings. The number of amides is 1. The quantitative estimate of drug-likeness (QED) is 0.720. The molecular formula is C12H24N2O3. The number of hydrogen-bond acceptors (Lipinski definition) is 4. The summed E-state index contributed by atoms with van der Waals surface area (Å²) in [6, 6.07) is 0.375. The van der Waals surface area contributed by atoms with Gasteiger partial charge in [0.05, 0.1) is 13.2 Å². The number of rotatable bonds is 6. The van der Waals surface area contributed by atoms with E-state index in [0.717, 1.165) is 26.3 Å². The highest BCUT2D eigenvalue weighted by Gasteiger charge is 2.23. The summed E-state index contributed by atoms with van der Waals surface area (Å²) in [6.45, 7) is 8.65. The third-order valence-corrected chi connectivity index (χ3v) is 3.07. The minimum Gasteiger partial charge on any atom is -0.379 e. The summed E-state index contributed by atoms with van der Waals surface area (Å²) < 4.78 is 10.1. The molecule has 5 heteroatoms. The van der Waals surface area contributed by atoms with Gasteiger partial charge in [-0.3, -0.25) is 9.69 Å². The van der Waals surface area contributed by atoms with Crippen LogP contribution in [0.5, 0.6) is 0 Å². The van der Waals surface area contributed by atoms with E-state index in [-0.39, 0.29) is 12.5 Å². The number of methoxy groups -OCH3 is 1. The van der Waals surface area contributed by atoms with Gasteiger partial charge in [0.1, 0.15) is 6.61 Å². The van der Waals surface area contributed by atoms with Crippen molar-refractivity contribution in [2.24, 2.45) is 5.92 Å². The smallest absolute Gasteiger partial charge is 0.246 e. The monoisotopic (exact) mass is 244 g/mol. The van der Waals surface area contributed by atoms with E-state index in [1.165, 1.54) is 7.11 Å². The van der Waals surface area contributed by atoms with Gasteiger partial charge in [0.25, 0.3) is 0 Å². The van der Waals surface area contributed by atoms with E-state index in [4.69, 9.17) is 9.47 Å². The molecule has 1 unspecified atom stereocenters. The van der Waals surface area contributed by atoms with Gasteiger partial charge in [-0.15, -0.1) is 0 Å². The third kappa shape index (κ3) is 5.02. The van der Waals surface area contributed by atoms with Crippen molar-refractivity contribution in [1.29, 1.82) is 0 Å². The van der Waals surface area contributed by atoms with Gasteiger partial charge in [0, 0.05) is 32.8 Å². The number of carbonyl (C=O) groups is 1. The van der Waals surface area contributed by atoms with E-state index in [1.54, 1.807) is 0 Å². The van der Waals surface area contributed by atoms with Crippen molar-refractivity contribution in [3.05, 3.63) is 0 Å². The van der Waals surface area contributed by atoms with Crippen molar-refractivity contribution in [2.75, 3.05) is 46.6 Å². The molecular weight excluding hydrogens is 220 g/mol. The van der Waals surface area contributed by atoms with E-state index in [2.05, 4.69) is 24.1 Å². The topological polar surface area (TPSA) is 50.8 Å². The number of carbonyl (C=O) groups excluding carboxylic acids is 1. The molecule has 0 spiro atoms. The largest absolute Gasteiger partial charge is 0.379 e. The molecule has 1 fully saturated rings. The van der Waals surface area contributed by atoms with Crippen LogP contribution < -0.4 is 5.32 Å². The first-order valence-corrected chi connectivity index (χ1v) is 6.22. The van der Waals surface area contributed by atoms with Crippen molar-refractivity contribution in [1.82, 2.24) is 10.2 Å². The molecule has 1 amide bonds. The Balaban J connectivity index is 2.39. The fourth-order valence-electron chi connectivity index (χ4n) is 2.10.